The minimum absolute atomic E-state index is 0.126. The second-order valence-electron chi connectivity index (χ2n) is 7.05. The Morgan fingerprint density at radius 2 is 1.92 bits per heavy atom. The first-order valence-corrected chi connectivity index (χ1v) is 8.81. The van der Waals surface area contributed by atoms with Crippen molar-refractivity contribution in [3.8, 4) is 0 Å². The number of carbonyl (C=O) groups excluding carboxylic acids is 2. The summed E-state index contributed by atoms with van der Waals surface area (Å²) >= 11 is 0. The van der Waals surface area contributed by atoms with Crippen LogP contribution in [0, 0.1) is 0 Å². The Morgan fingerprint density at radius 3 is 2.60 bits per heavy atom. The molecule has 6 nitrogen and oxygen atoms in total. The molecule has 4 rings (SSSR count). The number of fused-ring (bicyclic) bond motifs is 1. The van der Waals surface area contributed by atoms with Crippen molar-refractivity contribution in [2.75, 3.05) is 11.4 Å². The molecular formula is C19H22N4O2. The van der Waals surface area contributed by atoms with Crippen LogP contribution in [0.1, 0.15) is 43.7 Å². The van der Waals surface area contributed by atoms with Gasteiger partial charge in [-0.15, -0.1) is 0 Å². The van der Waals surface area contributed by atoms with Crippen molar-refractivity contribution in [3.05, 3.63) is 47.7 Å². The SMILES string of the molecule is CC(C)c1ccc(Cn2nccc2N2C(=O)[C@H]3CCCN3C2=O)cc1. The number of anilines is 1. The zero-order chi connectivity index (χ0) is 17.6. The molecule has 130 valence electrons. The van der Waals surface area contributed by atoms with E-state index < -0.39 is 0 Å². The van der Waals surface area contributed by atoms with E-state index in [4.69, 9.17) is 0 Å². The molecule has 1 atom stereocenters. The van der Waals surface area contributed by atoms with Crippen LogP contribution in [0.3, 0.4) is 0 Å². The molecule has 0 aliphatic carbocycles. The lowest BCUT2D eigenvalue weighted by Crippen LogP contribution is -2.34. The van der Waals surface area contributed by atoms with Crippen LogP contribution in [0.25, 0.3) is 0 Å². The average Bonchev–Trinajstić information content (AvgIpc) is 3.29. The van der Waals surface area contributed by atoms with Crippen molar-refractivity contribution in [1.29, 1.82) is 0 Å². The molecule has 2 fully saturated rings. The van der Waals surface area contributed by atoms with E-state index in [-0.39, 0.29) is 18.0 Å². The number of aromatic nitrogens is 2. The molecule has 3 amide bonds. The van der Waals surface area contributed by atoms with Crippen LogP contribution >= 0.6 is 0 Å². The maximum absolute atomic E-state index is 12.6. The van der Waals surface area contributed by atoms with Crippen molar-refractivity contribution in [3.63, 3.8) is 0 Å². The second-order valence-corrected chi connectivity index (χ2v) is 7.05. The normalized spacial score (nSPS) is 20.0. The van der Waals surface area contributed by atoms with E-state index in [1.807, 2.05) is 0 Å². The molecule has 2 saturated heterocycles. The fraction of sp³-hybridized carbons (Fsp3) is 0.421. The fourth-order valence-corrected chi connectivity index (χ4v) is 3.65. The van der Waals surface area contributed by atoms with Crippen LogP contribution in [0.5, 0.6) is 0 Å². The van der Waals surface area contributed by atoms with Gasteiger partial charge in [0.05, 0.1) is 12.7 Å². The topological polar surface area (TPSA) is 58.4 Å². The monoisotopic (exact) mass is 338 g/mol. The molecule has 2 aliphatic rings. The highest BCUT2D eigenvalue weighted by molar-refractivity contribution is 6.21. The summed E-state index contributed by atoms with van der Waals surface area (Å²) in [6, 6.07) is 9.61. The van der Waals surface area contributed by atoms with Crippen LogP contribution in [-0.2, 0) is 11.3 Å². The molecule has 1 aromatic carbocycles. The summed E-state index contributed by atoms with van der Waals surface area (Å²) < 4.78 is 1.72. The van der Waals surface area contributed by atoms with Gasteiger partial charge in [-0.3, -0.25) is 4.79 Å². The number of hydrogen-bond donors (Lipinski definition) is 0. The van der Waals surface area contributed by atoms with Gasteiger partial charge in [-0.25, -0.2) is 14.4 Å². The van der Waals surface area contributed by atoms with Crippen molar-refractivity contribution >= 4 is 17.8 Å². The molecule has 3 heterocycles. The first-order valence-electron chi connectivity index (χ1n) is 8.81. The molecule has 0 radical (unpaired) electrons. The number of hydrogen-bond acceptors (Lipinski definition) is 3. The first-order chi connectivity index (χ1) is 12.1. The summed E-state index contributed by atoms with van der Waals surface area (Å²) in [5.41, 5.74) is 2.38. The summed E-state index contributed by atoms with van der Waals surface area (Å²) in [4.78, 5) is 28.2. The van der Waals surface area contributed by atoms with Crippen LogP contribution in [0.4, 0.5) is 10.6 Å². The molecule has 6 heteroatoms. The average molecular weight is 338 g/mol. The summed E-state index contributed by atoms with van der Waals surface area (Å²) in [5.74, 6) is 0.916. The molecule has 2 aliphatic heterocycles. The van der Waals surface area contributed by atoms with Crippen molar-refractivity contribution < 1.29 is 9.59 Å². The highest BCUT2D eigenvalue weighted by Gasteiger charge is 2.48. The summed E-state index contributed by atoms with van der Waals surface area (Å²) in [5, 5.41) is 4.33. The Labute approximate surface area is 147 Å². The fourth-order valence-electron chi connectivity index (χ4n) is 3.65. The third-order valence-corrected chi connectivity index (χ3v) is 5.10. The third-order valence-electron chi connectivity index (χ3n) is 5.10. The van der Waals surface area contributed by atoms with Gasteiger partial charge in [0, 0.05) is 12.6 Å². The second kappa shape index (κ2) is 6.02. The minimum atomic E-state index is -0.291. The smallest absolute Gasteiger partial charge is 0.312 e. The highest BCUT2D eigenvalue weighted by Crippen LogP contribution is 2.31. The molecule has 25 heavy (non-hydrogen) atoms. The first kappa shape index (κ1) is 15.9. The Balaban J connectivity index is 1.59. The molecule has 0 bridgehead atoms. The summed E-state index contributed by atoms with van der Waals surface area (Å²) in [7, 11) is 0. The molecule has 1 aromatic heterocycles. The maximum atomic E-state index is 12.6. The van der Waals surface area contributed by atoms with Crippen molar-refractivity contribution in [2.24, 2.45) is 0 Å². The Bertz CT molecular complexity index is 787. The van der Waals surface area contributed by atoms with Gasteiger partial charge >= 0.3 is 6.03 Å². The lowest BCUT2D eigenvalue weighted by Gasteiger charge is -2.17. The lowest BCUT2D eigenvalue weighted by molar-refractivity contribution is -0.119. The molecule has 0 N–H and O–H groups in total. The van der Waals surface area contributed by atoms with Gasteiger partial charge in [0.25, 0.3) is 5.91 Å². The zero-order valence-electron chi connectivity index (χ0n) is 14.6. The number of amides is 3. The van der Waals surface area contributed by atoms with E-state index in [9.17, 15) is 9.59 Å². The summed E-state index contributed by atoms with van der Waals surface area (Å²) in [6.07, 6.45) is 3.30. The third kappa shape index (κ3) is 2.62. The van der Waals surface area contributed by atoms with Gasteiger partial charge in [-0.2, -0.15) is 5.10 Å². The standard InChI is InChI=1S/C19H22N4O2/c1-13(2)15-7-5-14(6-8-15)12-22-17(9-10-20-22)23-18(24)16-4-3-11-21(16)19(23)25/h5-10,13,16H,3-4,11-12H2,1-2H3/t16-/m1/s1. The summed E-state index contributed by atoms with van der Waals surface area (Å²) in [6.45, 7) is 5.52. The van der Waals surface area contributed by atoms with Crippen LogP contribution < -0.4 is 4.90 Å². The van der Waals surface area contributed by atoms with E-state index in [0.717, 1.165) is 18.4 Å². The van der Waals surface area contributed by atoms with Gasteiger partial charge in [0.15, 0.2) is 0 Å². The van der Waals surface area contributed by atoms with E-state index >= 15 is 0 Å². The van der Waals surface area contributed by atoms with Crippen molar-refractivity contribution in [1.82, 2.24) is 14.7 Å². The van der Waals surface area contributed by atoms with Gasteiger partial charge < -0.3 is 4.90 Å². The van der Waals surface area contributed by atoms with Crippen molar-refractivity contribution in [2.45, 2.75) is 45.2 Å². The predicted molar refractivity (Wildman–Crippen MR) is 94.5 cm³/mol. The van der Waals surface area contributed by atoms with E-state index in [1.54, 1.807) is 21.8 Å². The van der Waals surface area contributed by atoms with Crippen LogP contribution in [0.2, 0.25) is 0 Å². The predicted octanol–water partition coefficient (Wildman–Crippen LogP) is 2.99. The zero-order valence-corrected chi connectivity index (χ0v) is 14.6. The number of carbonyl (C=O) groups is 2. The lowest BCUT2D eigenvalue weighted by atomic mass is 10.0. The maximum Gasteiger partial charge on any atom is 0.333 e. The largest absolute Gasteiger partial charge is 0.333 e. The van der Waals surface area contributed by atoms with Gasteiger partial charge in [0.1, 0.15) is 11.9 Å². The van der Waals surface area contributed by atoms with Gasteiger partial charge in [-0.05, 0) is 29.9 Å². The Kier molecular flexibility index (Phi) is 3.82. The molecular weight excluding hydrogens is 316 g/mol. The highest BCUT2D eigenvalue weighted by atomic mass is 16.2. The van der Waals surface area contributed by atoms with E-state index in [0.29, 0.717) is 24.8 Å². The number of nitrogens with zero attached hydrogens (tertiary/aromatic N) is 4. The number of rotatable bonds is 4. The van der Waals surface area contributed by atoms with E-state index in [1.165, 1.54) is 10.5 Å². The van der Waals surface area contributed by atoms with Gasteiger partial charge in [-0.1, -0.05) is 38.1 Å². The molecule has 2 aromatic rings. The molecule has 0 spiro atoms. The number of urea groups is 1. The van der Waals surface area contributed by atoms with E-state index in [2.05, 4.69) is 43.2 Å². The quantitative estimate of drug-likeness (QED) is 0.805. The Hall–Kier alpha value is -2.63. The number of benzene rings is 1. The van der Waals surface area contributed by atoms with Gasteiger partial charge in [0.2, 0.25) is 0 Å². The Morgan fingerprint density at radius 1 is 1.16 bits per heavy atom. The molecule has 0 unspecified atom stereocenters. The van der Waals surface area contributed by atoms with Crippen LogP contribution in [0.15, 0.2) is 36.5 Å². The van der Waals surface area contributed by atoms with Crippen LogP contribution in [-0.4, -0.2) is 39.2 Å². The minimum Gasteiger partial charge on any atom is -0.312 e. The molecule has 0 saturated carbocycles. The number of imide groups is 1.